The fourth-order valence-electron chi connectivity index (χ4n) is 5.66. The first-order valence-electron chi connectivity index (χ1n) is 10.4. The van der Waals surface area contributed by atoms with Crippen LogP contribution >= 0.6 is 38.5 Å². The molecule has 2 amide bonds. The smallest absolute Gasteiger partial charge is 0.233 e. The number of Topliss-reactive ketones (excluding diaryl/α,β-unsaturated/α-hetero) is 1. The predicted octanol–water partition coefficient (Wildman–Crippen LogP) is 3.40. The number of likely N-dealkylation sites (tertiary alicyclic amines) is 1. The van der Waals surface area contributed by atoms with Crippen molar-refractivity contribution in [2.45, 2.75) is 18.8 Å². The maximum Gasteiger partial charge on any atom is 0.233 e. The van der Waals surface area contributed by atoms with E-state index in [1.165, 1.54) is 25.1 Å². The number of phenolic OH excluding ortho intramolecular Hbond substituents is 1. The van der Waals surface area contributed by atoms with E-state index in [-0.39, 0.29) is 51.7 Å². The van der Waals surface area contributed by atoms with Gasteiger partial charge >= 0.3 is 0 Å². The zero-order valence-electron chi connectivity index (χ0n) is 17.7. The number of hydrogen-bond acceptors (Lipinski definition) is 6. The average Bonchev–Trinajstić information content (AvgIpc) is 3.02. The lowest BCUT2D eigenvalue weighted by atomic mass is 9.59. The lowest BCUT2D eigenvalue weighted by Gasteiger charge is -2.42. The van der Waals surface area contributed by atoms with Gasteiger partial charge in [-0.05, 0) is 75.0 Å². The average molecular weight is 624 g/mol. The Hall–Kier alpha value is -2.27. The standard InChI is InChI=1S/C24H19BrINO6/c1-27-23(31)11-4-3-10-12(19(11)24(27)32)7-13-20(16(28)8-14(25)21(13)29)18(10)9-5-15(26)22(30)17(6-9)33-2/h3,5-6,8,11-12,18-19,30H,4,7H2,1-2H3/t11-,12+,18-,19-/m0/s1. The van der Waals surface area contributed by atoms with Crippen molar-refractivity contribution in [2.75, 3.05) is 14.2 Å². The predicted molar refractivity (Wildman–Crippen MR) is 130 cm³/mol. The van der Waals surface area contributed by atoms with Crippen LogP contribution < -0.4 is 4.74 Å². The van der Waals surface area contributed by atoms with Crippen LogP contribution in [0.4, 0.5) is 0 Å². The van der Waals surface area contributed by atoms with Crippen molar-refractivity contribution < 1.29 is 29.0 Å². The third kappa shape index (κ3) is 3.18. The van der Waals surface area contributed by atoms with Gasteiger partial charge in [0.25, 0.3) is 0 Å². The van der Waals surface area contributed by atoms with Gasteiger partial charge in [0, 0.05) is 30.2 Å². The van der Waals surface area contributed by atoms with E-state index in [4.69, 9.17) is 4.74 Å². The van der Waals surface area contributed by atoms with Crippen LogP contribution in [-0.2, 0) is 19.2 Å². The summed E-state index contributed by atoms with van der Waals surface area (Å²) < 4.78 is 6.07. The summed E-state index contributed by atoms with van der Waals surface area (Å²) in [6.07, 6.45) is 3.88. The molecule has 1 saturated heterocycles. The first kappa shape index (κ1) is 22.5. The molecule has 33 heavy (non-hydrogen) atoms. The lowest BCUT2D eigenvalue weighted by molar-refractivity contribution is -0.138. The summed E-state index contributed by atoms with van der Waals surface area (Å²) in [5.41, 5.74) is 2.31. The SMILES string of the molecule is COc1cc([C@H]2C3=CC[C@@H]4C(=O)N(C)C(=O)[C@@H]4[C@@H]3CC3=C2C(=O)C=C(Br)C3=O)cc(I)c1O. The maximum atomic E-state index is 13.2. The topological polar surface area (TPSA) is 101 Å². The molecular formula is C24H19BrINO6. The molecule has 0 spiro atoms. The molecule has 0 unspecified atom stereocenters. The van der Waals surface area contributed by atoms with Crippen molar-refractivity contribution in [3.8, 4) is 11.5 Å². The highest BCUT2D eigenvalue weighted by Gasteiger charge is 2.55. The van der Waals surface area contributed by atoms with Gasteiger partial charge in [-0.1, -0.05) is 11.6 Å². The Morgan fingerprint density at radius 1 is 1.15 bits per heavy atom. The molecule has 1 aliphatic heterocycles. The third-order valence-corrected chi connectivity index (χ3v) is 8.57. The van der Waals surface area contributed by atoms with Gasteiger partial charge in [-0.3, -0.25) is 24.1 Å². The fourth-order valence-corrected chi connectivity index (χ4v) is 6.73. The number of aromatic hydroxyl groups is 1. The van der Waals surface area contributed by atoms with Crippen LogP contribution in [0.15, 0.2) is 45.5 Å². The highest BCUT2D eigenvalue weighted by atomic mass is 127. The largest absolute Gasteiger partial charge is 0.504 e. The molecule has 0 aromatic heterocycles. The Morgan fingerprint density at radius 3 is 2.58 bits per heavy atom. The van der Waals surface area contributed by atoms with Crippen molar-refractivity contribution in [1.82, 2.24) is 4.90 Å². The summed E-state index contributed by atoms with van der Waals surface area (Å²) in [6.45, 7) is 0. The van der Waals surface area contributed by atoms with E-state index in [1.807, 2.05) is 28.7 Å². The zero-order valence-corrected chi connectivity index (χ0v) is 21.5. The second kappa shape index (κ2) is 7.90. The molecule has 1 aromatic rings. The van der Waals surface area contributed by atoms with Gasteiger partial charge in [0.15, 0.2) is 23.1 Å². The van der Waals surface area contributed by atoms with Crippen molar-refractivity contribution in [3.05, 3.63) is 54.6 Å². The number of fused-ring (bicyclic) bond motifs is 3. The summed E-state index contributed by atoms with van der Waals surface area (Å²) in [7, 11) is 2.94. The third-order valence-electron chi connectivity index (χ3n) is 7.16. The highest BCUT2D eigenvalue weighted by molar-refractivity contribution is 14.1. The number of amides is 2. The molecule has 4 aliphatic rings. The summed E-state index contributed by atoms with van der Waals surface area (Å²) in [4.78, 5) is 53.2. The molecular weight excluding hydrogens is 605 g/mol. The molecule has 9 heteroatoms. The second-order valence-corrected chi connectivity index (χ2v) is 10.7. The number of halogens is 2. The molecule has 0 bridgehead atoms. The van der Waals surface area contributed by atoms with E-state index in [2.05, 4.69) is 15.9 Å². The molecule has 170 valence electrons. The summed E-state index contributed by atoms with van der Waals surface area (Å²) in [6, 6.07) is 3.43. The van der Waals surface area contributed by atoms with Gasteiger partial charge in [0.1, 0.15) is 0 Å². The van der Waals surface area contributed by atoms with Crippen LogP contribution in [0.5, 0.6) is 11.5 Å². The van der Waals surface area contributed by atoms with Crippen molar-refractivity contribution >= 4 is 61.9 Å². The molecule has 1 heterocycles. The van der Waals surface area contributed by atoms with E-state index < -0.39 is 17.8 Å². The number of ether oxygens (including phenoxy) is 1. The van der Waals surface area contributed by atoms with Crippen LogP contribution in [0.2, 0.25) is 0 Å². The first-order chi connectivity index (χ1) is 15.6. The molecule has 4 atom stereocenters. The number of nitrogens with zero attached hydrogens (tertiary/aromatic N) is 1. The summed E-state index contributed by atoms with van der Waals surface area (Å²) in [5, 5.41) is 10.3. The number of imide groups is 1. The summed E-state index contributed by atoms with van der Waals surface area (Å²) >= 11 is 5.20. The Bertz CT molecular complexity index is 1260. The van der Waals surface area contributed by atoms with E-state index in [9.17, 15) is 24.3 Å². The minimum Gasteiger partial charge on any atom is -0.504 e. The molecule has 1 fully saturated rings. The van der Waals surface area contributed by atoms with Gasteiger partial charge in [0.05, 0.1) is 27.0 Å². The number of hydrogen-bond donors (Lipinski definition) is 1. The molecule has 1 N–H and O–H groups in total. The monoisotopic (exact) mass is 623 g/mol. The van der Waals surface area contributed by atoms with Crippen LogP contribution in [0.3, 0.4) is 0 Å². The first-order valence-corrected chi connectivity index (χ1v) is 12.3. The molecule has 7 nitrogen and oxygen atoms in total. The fraction of sp³-hybridized carbons (Fsp3) is 0.333. The Morgan fingerprint density at radius 2 is 1.88 bits per heavy atom. The zero-order chi connectivity index (χ0) is 23.8. The number of phenols is 1. The molecule has 0 radical (unpaired) electrons. The van der Waals surface area contributed by atoms with Crippen LogP contribution in [0.25, 0.3) is 0 Å². The van der Waals surface area contributed by atoms with Gasteiger partial charge in [0.2, 0.25) is 11.8 Å². The Kier molecular flexibility index (Phi) is 5.39. The van der Waals surface area contributed by atoms with Gasteiger partial charge < -0.3 is 9.84 Å². The van der Waals surface area contributed by atoms with Crippen molar-refractivity contribution in [3.63, 3.8) is 0 Å². The van der Waals surface area contributed by atoms with Gasteiger partial charge in [-0.25, -0.2) is 0 Å². The normalized spacial score (nSPS) is 28.9. The number of allylic oxidation sites excluding steroid dienone is 6. The number of rotatable bonds is 2. The minimum atomic E-state index is -0.579. The summed E-state index contributed by atoms with van der Waals surface area (Å²) in [5.74, 6) is -2.72. The van der Waals surface area contributed by atoms with Crippen LogP contribution in [-0.4, -0.2) is 47.5 Å². The Balaban J connectivity index is 1.74. The second-order valence-electron chi connectivity index (χ2n) is 8.68. The lowest BCUT2D eigenvalue weighted by Crippen LogP contribution is -2.39. The van der Waals surface area contributed by atoms with E-state index in [0.717, 1.165) is 5.57 Å². The number of methoxy groups -OCH3 is 1. The van der Waals surface area contributed by atoms with Gasteiger partial charge in [-0.15, -0.1) is 0 Å². The number of ketones is 2. The van der Waals surface area contributed by atoms with E-state index in [0.29, 0.717) is 26.7 Å². The number of benzene rings is 1. The van der Waals surface area contributed by atoms with Gasteiger partial charge in [-0.2, -0.15) is 0 Å². The van der Waals surface area contributed by atoms with E-state index >= 15 is 0 Å². The minimum absolute atomic E-state index is 0.00650. The van der Waals surface area contributed by atoms with Crippen LogP contribution in [0, 0.1) is 21.3 Å². The molecule has 3 aliphatic carbocycles. The molecule has 5 rings (SSSR count). The highest BCUT2D eigenvalue weighted by Crippen LogP contribution is 2.55. The van der Waals surface area contributed by atoms with Crippen molar-refractivity contribution in [2.24, 2.45) is 17.8 Å². The van der Waals surface area contributed by atoms with Crippen molar-refractivity contribution in [1.29, 1.82) is 0 Å². The Labute approximate surface area is 211 Å². The molecule has 1 aromatic carbocycles. The molecule has 0 saturated carbocycles. The quantitative estimate of drug-likeness (QED) is 0.235. The number of carbonyl (C=O) groups excluding carboxylic acids is 4. The maximum absolute atomic E-state index is 13.2. The van der Waals surface area contributed by atoms with Crippen LogP contribution in [0.1, 0.15) is 24.3 Å². The van der Waals surface area contributed by atoms with E-state index in [1.54, 1.807) is 12.1 Å². The number of carbonyl (C=O) groups is 4.